The molecule has 3 rings (SSSR count). The molecule has 0 aliphatic heterocycles. The second-order valence-electron chi connectivity index (χ2n) is 6.63. The molecule has 0 unspecified atom stereocenters. The molecule has 0 fully saturated rings. The lowest BCUT2D eigenvalue weighted by Gasteiger charge is -2.16. The van der Waals surface area contributed by atoms with E-state index in [1.807, 2.05) is 0 Å². The minimum Gasteiger partial charge on any atom is -0.406 e. The van der Waals surface area contributed by atoms with Crippen molar-refractivity contribution in [3.05, 3.63) is 60.0 Å². The first-order chi connectivity index (χ1) is 13.9. The smallest absolute Gasteiger partial charge is 0.406 e. The molecule has 0 amide bonds. The van der Waals surface area contributed by atoms with Crippen LogP contribution in [0.5, 0.6) is 5.75 Å². The van der Waals surface area contributed by atoms with Crippen LogP contribution in [0.2, 0.25) is 0 Å². The fraction of sp³-hybridized carbons (Fsp3) is 0.211. The van der Waals surface area contributed by atoms with E-state index in [4.69, 9.17) is 5.14 Å². The van der Waals surface area contributed by atoms with Gasteiger partial charge in [-0.25, -0.2) is 18.5 Å². The highest BCUT2D eigenvalue weighted by atomic mass is 32.2. The lowest BCUT2D eigenvalue weighted by atomic mass is 10.0. The van der Waals surface area contributed by atoms with Crippen molar-refractivity contribution in [2.24, 2.45) is 12.2 Å². The fourth-order valence-electron chi connectivity index (χ4n) is 3.07. The molecule has 0 aliphatic carbocycles. The first-order valence-corrected chi connectivity index (χ1v) is 10.2. The summed E-state index contributed by atoms with van der Waals surface area (Å²) in [4.78, 5) is 4.25. The van der Waals surface area contributed by atoms with Crippen LogP contribution in [0.1, 0.15) is 11.1 Å². The Kier molecular flexibility index (Phi) is 5.77. The van der Waals surface area contributed by atoms with Crippen molar-refractivity contribution in [2.75, 3.05) is 5.32 Å². The van der Waals surface area contributed by atoms with Crippen LogP contribution >= 0.6 is 0 Å². The Morgan fingerprint density at radius 2 is 1.97 bits per heavy atom. The zero-order chi connectivity index (χ0) is 22.1. The maximum absolute atomic E-state index is 12.4. The monoisotopic (exact) mass is 440 g/mol. The Morgan fingerprint density at radius 3 is 2.57 bits per heavy atom. The lowest BCUT2D eigenvalue weighted by Crippen LogP contribution is -2.17. The van der Waals surface area contributed by atoms with Crippen molar-refractivity contribution in [1.82, 2.24) is 9.55 Å². The van der Waals surface area contributed by atoms with Gasteiger partial charge in [0.05, 0.1) is 16.9 Å². The van der Waals surface area contributed by atoms with Crippen LogP contribution in [-0.2, 0) is 23.6 Å². The third-order valence-electron chi connectivity index (χ3n) is 4.30. The predicted octanol–water partition coefficient (Wildman–Crippen LogP) is 3.55. The summed E-state index contributed by atoms with van der Waals surface area (Å²) in [5.41, 5.74) is 2.56. The SMILES string of the molecule is Cc1c(S(N)(=O)=O)ccc(NCc2cccc(OC(F)(F)F)c2)c1-c1cn(C)cn1. The molecule has 1 heterocycles. The van der Waals surface area contributed by atoms with Crippen LogP contribution in [0.4, 0.5) is 18.9 Å². The summed E-state index contributed by atoms with van der Waals surface area (Å²) in [5, 5.41) is 8.44. The molecule has 0 aliphatic rings. The normalized spacial score (nSPS) is 12.1. The van der Waals surface area contributed by atoms with Crippen molar-refractivity contribution < 1.29 is 26.3 Å². The van der Waals surface area contributed by atoms with E-state index in [1.165, 1.54) is 24.3 Å². The number of hydrogen-bond donors (Lipinski definition) is 2. The summed E-state index contributed by atoms with van der Waals surface area (Å²) < 4.78 is 66.8. The Labute approximate surface area is 171 Å². The number of anilines is 1. The van der Waals surface area contributed by atoms with Gasteiger partial charge in [-0.15, -0.1) is 13.2 Å². The number of nitrogens with two attached hydrogens (primary N) is 1. The van der Waals surface area contributed by atoms with Gasteiger partial charge in [0.25, 0.3) is 0 Å². The number of ether oxygens (including phenoxy) is 1. The molecule has 0 saturated heterocycles. The molecule has 0 atom stereocenters. The summed E-state index contributed by atoms with van der Waals surface area (Å²) in [5.74, 6) is -0.326. The number of nitrogens with one attached hydrogen (secondary N) is 1. The zero-order valence-corrected chi connectivity index (χ0v) is 16.9. The Hall–Kier alpha value is -3.05. The van der Waals surface area contributed by atoms with Crippen LogP contribution < -0.4 is 15.2 Å². The summed E-state index contributed by atoms with van der Waals surface area (Å²) >= 11 is 0. The number of rotatable bonds is 6. The van der Waals surface area contributed by atoms with E-state index in [0.717, 1.165) is 0 Å². The minimum absolute atomic E-state index is 0.0331. The van der Waals surface area contributed by atoms with Gasteiger partial charge >= 0.3 is 6.36 Å². The molecule has 2 aromatic carbocycles. The molecular weight excluding hydrogens is 421 g/mol. The average Bonchev–Trinajstić information content (AvgIpc) is 3.03. The van der Waals surface area contributed by atoms with E-state index in [0.29, 0.717) is 28.1 Å². The van der Waals surface area contributed by atoms with E-state index < -0.39 is 16.4 Å². The largest absolute Gasteiger partial charge is 0.573 e. The number of primary sulfonamides is 1. The molecule has 3 N–H and O–H groups in total. The summed E-state index contributed by atoms with van der Waals surface area (Å²) in [7, 11) is -2.18. The van der Waals surface area contributed by atoms with Gasteiger partial charge in [0.15, 0.2) is 0 Å². The van der Waals surface area contributed by atoms with Crippen LogP contribution in [0.25, 0.3) is 11.3 Å². The van der Waals surface area contributed by atoms with E-state index in [2.05, 4.69) is 15.0 Å². The van der Waals surface area contributed by atoms with Gasteiger partial charge in [0, 0.05) is 31.0 Å². The molecule has 11 heteroatoms. The number of nitrogens with zero attached hydrogens (tertiary/aromatic N) is 2. The van der Waals surface area contributed by atoms with Crippen molar-refractivity contribution in [1.29, 1.82) is 0 Å². The number of benzene rings is 2. The first-order valence-electron chi connectivity index (χ1n) is 8.67. The predicted molar refractivity (Wildman–Crippen MR) is 105 cm³/mol. The number of alkyl halides is 3. The fourth-order valence-corrected chi connectivity index (χ4v) is 3.86. The highest BCUT2D eigenvalue weighted by Gasteiger charge is 2.31. The maximum atomic E-state index is 12.4. The lowest BCUT2D eigenvalue weighted by molar-refractivity contribution is -0.274. The van der Waals surface area contributed by atoms with Crippen LogP contribution in [0.15, 0.2) is 53.8 Å². The average molecular weight is 440 g/mol. The molecular formula is C19H19F3N4O3S. The van der Waals surface area contributed by atoms with Gasteiger partial charge in [-0.2, -0.15) is 0 Å². The van der Waals surface area contributed by atoms with Gasteiger partial charge in [0.2, 0.25) is 10.0 Å². The first kappa shape index (κ1) is 21.7. The summed E-state index contributed by atoms with van der Waals surface area (Å²) in [6, 6.07) is 8.50. The van der Waals surface area contributed by atoms with Gasteiger partial charge in [-0.3, -0.25) is 0 Å². The summed E-state index contributed by atoms with van der Waals surface area (Å²) in [6.45, 7) is 1.79. The Morgan fingerprint density at radius 1 is 1.23 bits per heavy atom. The molecule has 3 aromatic rings. The van der Waals surface area contributed by atoms with Crippen LogP contribution in [-0.4, -0.2) is 24.3 Å². The van der Waals surface area contributed by atoms with Crippen molar-refractivity contribution >= 4 is 15.7 Å². The maximum Gasteiger partial charge on any atom is 0.573 e. The van der Waals surface area contributed by atoms with Crippen molar-refractivity contribution in [3.8, 4) is 17.0 Å². The molecule has 0 spiro atoms. The molecule has 0 saturated carbocycles. The van der Waals surface area contributed by atoms with E-state index >= 15 is 0 Å². The molecule has 0 radical (unpaired) electrons. The van der Waals surface area contributed by atoms with E-state index in [1.54, 1.807) is 43.2 Å². The number of halogens is 3. The topological polar surface area (TPSA) is 99.2 Å². The Balaban J connectivity index is 1.95. The second-order valence-corrected chi connectivity index (χ2v) is 8.16. The number of sulfonamides is 1. The van der Waals surface area contributed by atoms with Crippen molar-refractivity contribution in [2.45, 2.75) is 24.7 Å². The zero-order valence-electron chi connectivity index (χ0n) is 16.1. The molecule has 0 bridgehead atoms. The molecule has 7 nitrogen and oxygen atoms in total. The highest BCUT2D eigenvalue weighted by molar-refractivity contribution is 7.89. The van der Waals surface area contributed by atoms with E-state index in [-0.39, 0.29) is 17.2 Å². The third-order valence-corrected chi connectivity index (χ3v) is 5.35. The van der Waals surface area contributed by atoms with Gasteiger partial charge in [-0.1, -0.05) is 12.1 Å². The quantitative estimate of drug-likeness (QED) is 0.611. The Bertz CT molecular complexity index is 1170. The number of imidazole rings is 1. The molecule has 160 valence electrons. The van der Waals surface area contributed by atoms with Crippen LogP contribution in [0, 0.1) is 6.92 Å². The van der Waals surface area contributed by atoms with Gasteiger partial charge < -0.3 is 14.6 Å². The number of hydrogen-bond acceptors (Lipinski definition) is 5. The van der Waals surface area contributed by atoms with Gasteiger partial charge in [0.1, 0.15) is 5.75 Å². The summed E-state index contributed by atoms with van der Waals surface area (Å²) in [6.07, 6.45) is -1.49. The third kappa shape index (κ3) is 5.10. The second kappa shape index (κ2) is 8.00. The highest BCUT2D eigenvalue weighted by Crippen LogP contribution is 2.34. The van der Waals surface area contributed by atoms with E-state index in [9.17, 15) is 21.6 Å². The minimum atomic E-state index is -4.78. The standard InChI is InChI=1S/C19H19F3N4O3S/c1-12-17(30(23,27)28)7-6-15(18(12)16-10-26(2)11-25-16)24-9-13-4-3-5-14(8-13)29-19(20,21)22/h3-8,10-11,24H,9H2,1-2H3,(H2,23,27,28). The van der Waals surface area contributed by atoms with Gasteiger partial charge in [-0.05, 0) is 42.3 Å². The molecule has 1 aromatic heterocycles. The van der Waals surface area contributed by atoms with Crippen LogP contribution in [0.3, 0.4) is 0 Å². The number of aryl methyl sites for hydroxylation is 1. The molecule has 30 heavy (non-hydrogen) atoms. The number of aromatic nitrogens is 2. The van der Waals surface area contributed by atoms with Crippen molar-refractivity contribution in [3.63, 3.8) is 0 Å².